The first kappa shape index (κ1) is 10.9. The van der Waals surface area contributed by atoms with Crippen LogP contribution in [0, 0.1) is 13.8 Å². The van der Waals surface area contributed by atoms with Crippen molar-refractivity contribution in [1.29, 1.82) is 0 Å². The average molecular weight is 235 g/mol. The smallest absolute Gasteiger partial charge is 0.255 e. The number of H-pyrrole nitrogens is 1. The largest absolute Gasteiger partial charge is 0.347 e. The molecule has 0 saturated heterocycles. The molecule has 0 aliphatic heterocycles. The van der Waals surface area contributed by atoms with Gasteiger partial charge in [0.05, 0.1) is 18.3 Å². The summed E-state index contributed by atoms with van der Waals surface area (Å²) in [4.78, 5) is 13.0. The molecule has 2 N–H and O–H groups in total. The van der Waals surface area contributed by atoms with Crippen LogP contribution in [-0.4, -0.2) is 16.1 Å². The molecule has 2 aromatic rings. The second-order valence-corrected chi connectivity index (χ2v) is 4.62. The predicted octanol–water partition coefficient (Wildman–Crippen LogP) is 2.02. The van der Waals surface area contributed by atoms with E-state index in [-0.39, 0.29) is 5.91 Å². The van der Waals surface area contributed by atoms with Crippen LogP contribution >= 0.6 is 11.3 Å². The minimum absolute atomic E-state index is 0.0842. The Morgan fingerprint density at radius 3 is 2.94 bits per heavy atom. The molecule has 0 aliphatic carbocycles. The Hall–Kier alpha value is -1.62. The van der Waals surface area contributed by atoms with E-state index >= 15 is 0 Å². The van der Waals surface area contributed by atoms with E-state index < -0.39 is 0 Å². The van der Waals surface area contributed by atoms with Gasteiger partial charge in [-0.3, -0.25) is 9.89 Å². The topological polar surface area (TPSA) is 57.8 Å². The summed E-state index contributed by atoms with van der Waals surface area (Å²) in [5, 5.41) is 11.5. The number of aromatic nitrogens is 2. The Labute approximate surface area is 97.7 Å². The van der Waals surface area contributed by atoms with Gasteiger partial charge in [-0.15, -0.1) is 11.3 Å². The number of hydrogen-bond acceptors (Lipinski definition) is 3. The summed E-state index contributed by atoms with van der Waals surface area (Å²) in [5.74, 6) is -0.0842. The number of aromatic amines is 1. The molecule has 0 spiro atoms. The molecule has 2 aromatic heterocycles. The highest BCUT2D eigenvalue weighted by Crippen LogP contribution is 2.15. The Balaban J connectivity index is 1.99. The van der Waals surface area contributed by atoms with E-state index in [0.717, 1.165) is 5.69 Å². The van der Waals surface area contributed by atoms with E-state index in [0.29, 0.717) is 12.1 Å². The molecular formula is C11H13N3OS. The fourth-order valence-corrected chi connectivity index (χ4v) is 2.27. The quantitative estimate of drug-likeness (QED) is 0.855. The number of hydrogen-bond donors (Lipinski definition) is 2. The number of aryl methyl sites for hydroxylation is 2. The van der Waals surface area contributed by atoms with Crippen LogP contribution in [-0.2, 0) is 6.54 Å². The maximum absolute atomic E-state index is 11.8. The van der Waals surface area contributed by atoms with E-state index in [9.17, 15) is 4.79 Å². The summed E-state index contributed by atoms with van der Waals surface area (Å²) in [6, 6.07) is 2.05. The maximum Gasteiger partial charge on any atom is 0.255 e. The van der Waals surface area contributed by atoms with Crippen LogP contribution < -0.4 is 5.32 Å². The molecule has 1 amide bonds. The second kappa shape index (κ2) is 4.49. The molecule has 0 aliphatic rings. The zero-order valence-corrected chi connectivity index (χ0v) is 10.0. The van der Waals surface area contributed by atoms with Gasteiger partial charge in [-0.05, 0) is 30.9 Å². The molecule has 0 fully saturated rings. The predicted molar refractivity (Wildman–Crippen MR) is 63.6 cm³/mol. The number of carbonyl (C=O) groups is 1. The summed E-state index contributed by atoms with van der Waals surface area (Å²) in [6.07, 6.45) is 1.55. The van der Waals surface area contributed by atoms with E-state index in [4.69, 9.17) is 0 Å². The normalized spacial score (nSPS) is 10.4. The molecule has 4 nitrogen and oxygen atoms in total. The molecule has 2 rings (SSSR count). The molecule has 0 unspecified atom stereocenters. The summed E-state index contributed by atoms with van der Waals surface area (Å²) >= 11 is 1.65. The summed E-state index contributed by atoms with van der Waals surface area (Å²) < 4.78 is 0. The zero-order chi connectivity index (χ0) is 11.5. The first-order valence-electron chi connectivity index (χ1n) is 4.99. The van der Waals surface area contributed by atoms with E-state index in [1.165, 1.54) is 10.4 Å². The highest BCUT2D eigenvalue weighted by Gasteiger charge is 2.10. The molecular weight excluding hydrogens is 222 g/mol. The fourth-order valence-electron chi connectivity index (χ4n) is 1.42. The average Bonchev–Trinajstić information content (AvgIpc) is 2.84. The van der Waals surface area contributed by atoms with Gasteiger partial charge in [0.1, 0.15) is 0 Å². The lowest BCUT2D eigenvalue weighted by molar-refractivity contribution is 0.0951. The summed E-state index contributed by atoms with van der Waals surface area (Å²) in [6.45, 7) is 4.45. The van der Waals surface area contributed by atoms with Crippen molar-refractivity contribution < 1.29 is 4.79 Å². The van der Waals surface area contributed by atoms with Crippen molar-refractivity contribution in [2.75, 3.05) is 0 Å². The van der Waals surface area contributed by atoms with Crippen LogP contribution in [0.25, 0.3) is 0 Å². The zero-order valence-electron chi connectivity index (χ0n) is 9.20. The SMILES string of the molecule is Cc1ccsc1CNC(=O)c1cn[nH]c1C. The third kappa shape index (κ3) is 2.14. The Bertz CT molecular complexity index is 501. The monoisotopic (exact) mass is 235 g/mol. The minimum atomic E-state index is -0.0842. The van der Waals surface area contributed by atoms with Crippen molar-refractivity contribution >= 4 is 17.2 Å². The van der Waals surface area contributed by atoms with Crippen LogP contribution in [0.4, 0.5) is 0 Å². The van der Waals surface area contributed by atoms with Crippen LogP contribution in [0.2, 0.25) is 0 Å². The van der Waals surface area contributed by atoms with Crippen LogP contribution in [0.5, 0.6) is 0 Å². The van der Waals surface area contributed by atoms with Gasteiger partial charge >= 0.3 is 0 Å². The summed E-state index contributed by atoms with van der Waals surface area (Å²) in [5.41, 5.74) is 2.61. The van der Waals surface area contributed by atoms with E-state index in [2.05, 4.69) is 21.6 Å². The number of thiophene rings is 1. The summed E-state index contributed by atoms with van der Waals surface area (Å²) in [7, 11) is 0. The van der Waals surface area contributed by atoms with Crippen LogP contribution in [0.15, 0.2) is 17.6 Å². The first-order valence-corrected chi connectivity index (χ1v) is 5.87. The van der Waals surface area contributed by atoms with Crippen LogP contribution in [0.3, 0.4) is 0 Å². The standard InChI is InChI=1S/C11H13N3OS/c1-7-3-4-16-10(7)6-12-11(15)9-5-13-14-8(9)2/h3-5H,6H2,1-2H3,(H,12,15)(H,13,14). The lowest BCUT2D eigenvalue weighted by Gasteiger charge is -2.03. The van der Waals surface area contributed by atoms with Gasteiger partial charge in [0.25, 0.3) is 5.91 Å². The number of nitrogens with one attached hydrogen (secondary N) is 2. The molecule has 0 radical (unpaired) electrons. The van der Waals surface area contributed by atoms with Gasteiger partial charge in [-0.1, -0.05) is 0 Å². The molecule has 84 valence electrons. The molecule has 5 heteroatoms. The van der Waals surface area contributed by atoms with Crippen molar-refractivity contribution in [1.82, 2.24) is 15.5 Å². The maximum atomic E-state index is 11.8. The first-order chi connectivity index (χ1) is 7.68. The second-order valence-electron chi connectivity index (χ2n) is 3.62. The van der Waals surface area contributed by atoms with Gasteiger partial charge in [0.2, 0.25) is 0 Å². The molecule has 0 saturated carbocycles. The van der Waals surface area contributed by atoms with Crippen molar-refractivity contribution in [3.8, 4) is 0 Å². The Morgan fingerprint density at radius 1 is 1.56 bits per heavy atom. The fraction of sp³-hybridized carbons (Fsp3) is 0.273. The van der Waals surface area contributed by atoms with Gasteiger partial charge in [-0.25, -0.2) is 0 Å². The highest BCUT2D eigenvalue weighted by atomic mass is 32.1. The third-order valence-corrected chi connectivity index (χ3v) is 3.48. The molecule has 16 heavy (non-hydrogen) atoms. The van der Waals surface area contributed by atoms with E-state index in [1.807, 2.05) is 19.2 Å². The van der Waals surface area contributed by atoms with Gasteiger partial charge in [0.15, 0.2) is 0 Å². The molecule has 2 heterocycles. The van der Waals surface area contributed by atoms with Crippen LogP contribution in [0.1, 0.15) is 26.5 Å². The number of nitrogens with zero attached hydrogens (tertiary/aromatic N) is 1. The van der Waals surface area contributed by atoms with Gasteiger partial charge in [0, 0.05) is 10.6 Å². The lowest BCUT2D eigenvalue weighted by atomic mass is 10.2. The van der Waals surface area contributed by atoms with Crippen molar-refractivity contribution in [3.63, 3.8) is 0 Å². The van der Waals surface area contributed by atoms with E-state index in [1.54, 1.807) is 17.5 Å². The Morgan fingerprint density at radius 2 is 2.38 bits per heavy atom. The molecule has 0 aromatic carbocycles. The highest BCUT2D eigenvalue weighted by molar-refractivity contribution is 7.10. The van der Waals surface area contributed by atoms with Crippen molar-refractivity contribution in [2.45, 2.75) is 20.4 Å². The molecule has 0 atom stereocenters. The minimum Gasteiger partial charge on any atom is -0.347 e. The Kier molecular flexibility index (Phi) is 3.05. The third-order valence-electron chi connectivity index (χ3n) is 2.45. The lowest BCUT2D eigenvalue weighted by Crippen LogP contribution is -2.22. The van der Waals surface area contributed by atoms with Crippen molar-refractivity contribution in [3.05, 3.63) is 39.3 Å². The number of rotatable bonds is 3. The van der Waals surface area contributed by atoms with Gasteiger partial charge in [-0.2, -0.15) is 5.10 Å². The van der Waals surface area contributed by atoms with Gasteiger partial charge < -0.3 is 5.32 Å². The molecule has 0 bridgehead atoms. The van der Waals surface area contributed by atoms with Crippen molar-refractivity contribution in [2.24, 2.45) is 0 Å². The number of carbonyl (C=O) groups excluding carboxylic acids is 1. The number of amides is 1.